The molecule has 2 atom stereocenters. The van der Waals surface area contributed by atoms with Crippen molar-refractivity contribution in [3.63, 3.8) is 0 Å². The second-order valence-electron chi connectivity index (χ2n) is 9.30. The molecule has 0 radical (unpaired) electrons. The molecular weight excluding hydrogens is 468 g/mol. The summed E-state index contributed by atoms with van der Waals surface area (Å²) in [5, 5.41) is 16.6. The van der Waals surface area contributed by atoms with Crippen molar-refractivity contribution in [3.05, 3.63) is 92.7 Å². The van der Waals surface area contributed by atoms with Crippen LogP contribution >= 0.6 is 11.3 Å². The average Bonchev–Trinajstić information content (AvgIpc) is 3.24. The maximum absolute atomic E-state index is 14.4. The third kappa shape index (κ3) is 6.31. The first kappa shape index (κ1) is 26.0. The molecule has 0 aliphatic heterocycles. The fourth-order valence-corrected chi connectivity index (χ4v) is 4.50. The number of hydrogen-bond acceptors (Lipinski definition) is 4. The van der Waals surface area contributed by atoms with Crippen LogP contribution in [0.25, 0.3) is 0 Å². The number of rotatable bonds is 7. The van der Waals surface area contributed by atoms with Gasteiger partial charge in [0.1, 0.15) is 17.7 Å². The SMILES string of the molecule is Cc1ccsc1C(C#N)NC(=O)C(Cc1c(F)cccc1F)NC(=O)c1ccc(C(C)(C)C)cc1. The Morgan fingerprint density at radius 2 is 1.66 bits per heavy atom. The van der Waals surface area contributed by atoms with E-state index in [4.69, 9.17) is 0 Å². The van der Waals surface area contributed by atoms with E-state index in [-0.39, 0.29) is 11.0 Å². The number of amides is 2. The molecule has 35 heavy (non-hydrogen) atoms. The standard InChI is InChI=1S/C27H27F2N3O2S/c1-16-12-13-35-24(16)23(15-30)32-26(34)22(14-19-20(28)6-5-7-21(19)29)31-25(33)17-8-10-18(11-9-17)27(2,3)4/h5-13,22-23H,14H2,1-4H3,(H,31,33)(H,32,34). The van der Waals surface area contributed by atoms with E-state index in [0.717, 1.165) is 23.3 Å². The van der Waals surface area contributed by atoms with Gasteiger partial charge in [0.15, 0.2) is 6.04 Å². The van der Waals surface area contributed by atoms with E-state index in [1.165, 1.54) is 17.4 Å². The van der Waals surface area contributed by atoms with Crippen molar-refractivity contribution in [3.8, 4) is 6.07 Å². The van der Waals surface area contributed by atoms with Gasteiger partial charge in [-0.1, -0.05) is 39.0 Å². The zero-order valence-corrected chi connectivity index (χ0v) is 20.8. The number of carbonyl (C=O) groups excluding carboxylic acids is 2. The van der Waals surface area contributed by atoms with Crippen LogP contribution < -0.4 is 10.6 Å². The molecule has 182 valence electrons. The monoisotopic (exact) mass is 495 g/mol. The van der Waals surface area contributed by atoms with Crippen molar-refractivity contribution < 1.29 is 18.4 Å². The van der Waals surface area contributed by atoms with Crippen LogP contribution in [0.5, 0.6) is 0 Å². The molecular formula is C27H27F2N3O2S. The molecule has 0 bridgehead atoms. The minimum atomic E-state index is -1.31. The molecule has 2 aromatic carbocycles. The Bertz CT molecular complexity index is 1240. The van der Waals surface area contributed by atoms with E-state index in [1.807, 2.05) is 52.0 Å². The molecule has 0 saturated heterocycles. The zero-order chi connectivity index (χ0) is 25.8. The topological polar surface area (TPSA) is 82.0 Å². The van der Waals surface area contributed by atoms with Crippen molar-refractivity contribution in [1.29, 1.82) is 5.26 Å². The predicted octanol–water partition coefficient (Wildman–Crippen LogP) is 5.35. The molecule has 0 saturated carbocycles. The van der Waals surface area contributed by atoms with Crippen molar-refractivity contribution in [2.45, 2.75) is 51.6 Å². The Morgan fingerprint density at radius 3 is 2.17 bits per heavy atom. The lowest BCUT2D eigenvalue weighted by Gasteiger charge is -2.22. The number of benzene rings is 2. The average molecular weight is 496 g/mol. The highest BCUT2D eigenvalue weighted by molar-refractivity contribution is 7.10. The molecule has 0 fully saturated rings. The number of thiophene rings is 1. The summed E-state index contributed by atoms with van der Waals surface area (Å²) in [5.74, 6) is -2.93. The molecule has 2 unspecified atom stereocenters. The number of nitriles is 1. The summed E-state index contributed by atoms with van der Waals surface area (Å²) >= 11 is 1.31. The van der Waals surface area contributed by atoms with E-state index in [2.05, 4.69) is 10.6 Å². The highest BCUT2D eigenvalue weighted by Crippen LogP contribution is 2.24. The lowest BCUT2D eigenvalue weighted by atomic mass is 9.86. The zero-order valence-electron chi connectivity index (χ0n) is 20.0. The van der Waals surface area contributed by atoms with E-state index in [1.54, 1.807) is 17.5 Å². The number of carbonyl (C=O) groups is 2. The minimum Gasteiger partial charge on any atom is -0.340 e. The van der Waals surface area contributed by atoms with Crippen LogP contribution in [0, 0.1) is 29.9 Å². The van der Waals surface area contributed by atoms with Gasteiger partial charge in [0.2, 0.25) is 5.91 Å². The first-order valence-electron chi connectivity index (χ1n) is 11.1. The van der Waals surface area contributed by atoms with E-state index < -0.39 is 42.0 Å². The van der Waals surface area contributed by atoms with Crippen LogP contribution in [0.15, 0.2) is 53.9 Å². The predicted molar refractivity (Wildman–Crippen MR) is 132 cm³/mol. The molecule has 2 N–H and O–H groups in total. The molecule has 0 aliphatic rings. The highest BCUT2D eigenvalue weighted by Gasteiger charge is 2.28. The molecule has 5 nitrogen and oxygen atoms in total. The lowest BCUT2D eigenvalue weighted by Crippen LogP contribution is -2.49. The molecule has 1 aromatic heterocycles. The van der Waals surface area contributed by atoms with E-state index >= 15 is 0 Å². The quantitative estimate of drug-likeness (QED) is 0.463. The van der Waals surface area contributed by atoms with Gasteiger partial charge in [0.05, 0.1) is 6.07 Å². The van der Waals surface area contributed by atoms with Gasteiger partial charge in [-0.15, -0.1) is 11.3 Å². The van der Waals surface area contributed by atoms with Crippen LogP contribution in [0.3, 0.4) is 0 Å². The second kappa shape index (κ2) is 10.8. The Labute approximate surface area is 207 Å². The molecule has 2 amide bonds. The van der Waals surface area contributed by atoms with E-state index in [9.17, 15) is 23.6 Å². The second-order valence-corrected chi connectivity index (χ2v) is 10.2. The summed E-state index contributed by atoms with van der Waals surface area (Å²) in [5.41, 5.74) is 1.74. The number of nitrogens with zero attached hydrogens (tertiary/aromatic N) is 1. The molecule has 0 spiro atoms. The Morgan fingerprint density at radius 1 is 1.03 bits per heavy atom. The first-order chi connectivity index (χ1) is 16.5. The summed E-state index contributed by atoms with van der Waals surface area (Å²) in [7, 11) is 0. The van der Waals surface area contributed by atoms with Crippen LogP contribution in [0.4, 0.5) is 8.78 Å². The fraction of sp³-hybridized carbons (Fsp3) is 0.296. The normalized spacial score (nSPS) is 12.9. The van der Waals surface area contributed by atoms with Gasteiger partial charge in [0.25, 0.3) is 5.91 Å². The molecule has 8 heteroatoms. The van der Waals surface area contributed by atoms with Gasteiger partial charge in [0, 0.05) is 22.4 Å². The number of halogens is 2. The summed E-state index contributed by atoms with van der Waals surface area (Å²) in [6, 6.07) is 11.9. The van der Waals surface area contributed by atoms with E-state index in [0.29, 0.717) is 10.4 Å². The van der Waals surface area contributed by atoms with Gasteiger partial charge in [-0.05, 0) is 59.2 Å². The summed E-state index contributed by atoms with van der Waals surface area (Å²) in [4.78, 5) is 26.8. The third-order valence-electron chi connectivity index (χ3n) is 5.68. The van der Waals surface area contributed by atoms with Crippen LogP contribution in [-0.4, -0.2) is 17.9 Å². The molecule has 3 rings (SSSR count). The van der Waals surface area contributed by atoms with Crippen LogP contribution in [-0.2, 0) is 16.6 Å². The molecule has 1 heterocycles. The van der Waals surface area contributed by atoms with Crippen molar-refractivity contribution >= 4 is 23.2 Å². The van der Waals surface area contributed by atoms with Gasteiger partial charge in [-0.25, -0.2) is 8.78 Å². The largest absolute Gasteiger partial charge is 0.340 e. The smallest absolute Gasteiger partial charge is 0.251 e. The summed E-state index contributed by atoms with van der Waals surface area (Å²) in [6.07, 6.45) is -0.419. The van der Waals surface area contributed by atoms with Crippen LogP contribution in [0.2, 0.25) is 0 Å². The molecule has 0 aliphatic carbocycles. The van der Waals surface area contributed by atoms with Crippen molar-refractivity contribution in [1.82, 2.24) is 10.6 Å². The van der Waals surface area contributed by atoms with Crippen molar-refractivity contribution in [2.75, 3.05) is 0 Å². The summed E-state index contributed by atoms with van der Waals surface area (Å²) in [6.45, 7) is 7.96. The number of nitrogens with one attached hydrogen (secondary N) is 2. The fourth-order valence-electron chi connectivity index (χ4n) is 3.58. The molecule has 3 aromatic rings. The third-order valence-corrected chi connectivity index (χ3v) is 6.77. The minimum absolute atomic E-state index is 0.105. The Hall–Kier alpha value is -3.57. The maximum Gasteiger partial charge on any atom is 0.251 e. The summed E-state index contributed by atoms with van der Waals surface area (Å²) < 4.78 is 28.7. The van der Waals surface area contributed by atoms with Crippen molar-refractivity contribution in [2.24, 2.45) is 0 Å². The Balaban J connectivity index is 1.87. The van der Waals surface area contributed by atoms with Gasteiger partial charge < -0.3 is 10.6 Å². The highest BCUT2D eigenvalue weighted by atomic mass is 32.1. The van der Waals surface area contributed by atoms with Crippen LogP contribution in [0.1, 0.15) is 58.7 Å². The number of aryl methyl sites for hydroxylation is 1. The van der Waals surface area contributed by atoms with Gasteiger partial charge in [-0.3, -0.25) is 9.59 Å². The number of hydrogen-bond donors (Lipinski definition) is 2. The maximum atomic E-state index is 14.4. The van der Waals surface area contributed by atoms with Gasteiger partial charge >= 0.3 is 0 Å². The lowest BCUT2D eigenvalue weighted by molar-refractivity contribution is -0.123. The van der Waals surface area contributed by atoms with Gasteiger partial charge in [-0.2, -0.15) is 5.26 Å². The first-order valence-corrected chi connectivity index (χ1v) is 12.0. The Kier molecular flexibility index (Phi) is 8.03.